The van der Waals surface area contributed by atoms with Crippen molar-refractivity contribution in [2.75, 3.05) is 24.6 Å². The van der Waals surface area contributed by atoms with Crippen LogP contribution in [0.4, 0.5) is 5.69 Å². The number of aliphatic hydroxyl groups excluding tert-OH is 2. The Bertz CT molecular complexity index is 315. The first-order valence-corrected chi connectivity index (χ1v) is 5.87. The Morgan fingerprint density at radius 1 is 1.25 bits per heavy atom. The molecule has 1 atom stereocenters. The summed E-state index contributed by atoms with van der Waals surface area (Å²) < 4.78 is 0. The normalized spacial score (nSPS) is 12.5. The predicted octanol–water partition coefficient (Wildman–Crippen LogP) is 1.95. The molecule has 0 aliphatic heterocycles. The van der Waals surface area contributed by atoms with Gasteiger partial charge >= 0.3 is 0 Å². The number of rotatable bonds is 6. The van der Waals surface area contributed by atoms with Crippen molar-refractivity contribution in [2.45, 2.75) is 26.4 Å². The molecule has 0 unspecified atom stereocenters. The van der Waals surface area contributed by atoms with Crippen LogP contribution in [0.2, 0.25) is 0 Å². The maximum atomic E-state index is 9.93. The highest BCUT2D eigenvalue weighted by Gasteiger charge is 2.13. The first-order valence-electron chi connectivity index (χ1n) is 5.87. The second-order valence-electron chi connectivity index (χ2n) is 3.79. The summed E-state index contributed by atoms with van der Waals surface area (Å²) in [5.74, 6) is 0. The van der Waals surface area contributed by atoms with Crippen LogP contribution in [0.15, 0.2) is 24.3 Å². The SMILES string of the molecule is CC[C@@H](O)c1ccccc1N(CC)CCO. The van der Waals surface area contributed by atoms with Crippen LogP contribution in [0, 0.1) is 0 Å². The Morgan fingerprint density at radius 3 is 2.50 bits per heavy atom. The minimum atomic E-state index is -0.427. The van der Waals surface area contributed by atoms with Crippen molar-refractivity contribution in [1.82, 2.24) is 0 Å². The van der Waals surface area contributed by atoms with E-state index in [0.717, 1.165) is 17.8 Å². The van der Waals surface area contributed by atoms with E-state index in [4.69, 9.17) is 5.11 Å². The smallest absolute Gasteiger partial charge is 0.0807 e. The van der Waals surface area contributed by atoms with Gasteiger partial charge in [0.05, 0.1) is 12.7 Å². The van der Waals surface area contributed by atoms with Crippen LogP contribution in [0.1, 0.15) is 31.9 Å². The highest BCUT2D eigenvalue weighted by atomic mass is 16.3. The summed E-state index contributed by atoms with van der Waals surface area (Å²) in [5, 5.41) is 18.9. The molecule has 0 saturated carbocycles. The molecule has 90 valence electrons. The molecule has 1 aromatic rings. The lowest BCUT2D eigenvalue weighted by atomic mass is 10.0. The zero-order valence-electron chi connectivity index (χ0n) is 10.1. The number of para-hydroxylation sites is 1. The third-order valence-electron chi connectivity index (χ3n) is 2.77. The largest absolute Gasteiger partial charge is 0.395 e. The first-order chi connectivity index (χ1) is 7.74. The topological polar surface area (TPSA) is 43.7 Å². The van der Waals surface area contributed by atoms with Crippen molar-refractivity contribution in [2.24, 2.45) is 0 Å². The van der Waals surface area contributed by atoms with Crippen molar-refractivity contribution in [1.29, 1.82) is 0 Å². The standard InChI is InChI=1S/C13H21NO2/c1-3-13(16)11-7-5-6-8-12(11)14(4-2)9-10-15/h5-8,13,15-16H,3-4,9-10H2,1-2H3/t13-/m1/s1. The maximum Gasteiger partial charge on any atom is 0.0807 e. The van der Waals surface area contributed by atoms with E-state index in [1.165, 1.54) is 0 Å². The van der Waals surface area contributed by atoms with Gasteiger partial charge in [-0.3, -0.25) is 0 Å². The fraction of sp³-hybridized carbons (Fsp3) is 0.538. The van der Waals surface area contributed by atoms with Crippen molar-refractivity contribution in [3.8, 4) is 0 Å². The summed E-state index contributed by atoms with van der Waals surface area (Å²) in [4.78, 5) is 2.08. The molecule has 0 spiro atoms. The van der Waals surface area contributed by atoms with Gasteiger partial charge < -0.3 is 15.1 Å². The van der Waals surface area contributed by atoms with Crippen molar-refractivity contribution >= 4 is 5.69 Å². The monoisotopic (exact) mass is 223 g/mol. The molecule has 1 rings (SSSR count). The summed E-state index contributed by atoms with van der Waals surface area (Å²) in [6, 6.07) is 7.84. The van der Waals surface area contributed by atoms with E-state index in [-0.39, 0.29) is 6.61 Å². The highest BCUT2D eigenvalue weighted by molar-refractivity contribution is 5.54. The van der Waals surface area contributed by atoms with Crippen LogP contribution >= 0.6 is 0 Å². The van der Waals surface area contributed by atoms with Crippen LogP contribution in [0.25, 0.3) is 0 Å². The summed E-state index contributed by atoms with van der Waals surface area (Å²) in [5.41, 5.74) is 1.97. The number of likely N-dealkylation sites (N-methyl/N-ethyl adjacent to an activating group) is 1. The molecular weight excluding hydrogens is 202 g/mol. The van der Waals surface area contributed by atoms with E-state index < -0.39 is 6.10 Å². The zero-order chi connectivity index (χ0) is 12.0. The van der Waals surface area contributed by atoms with Gasteiger partial charge in [0, 0.05) is 24.3 Å². The van der Waals surface area contributed by atoms with Gasteiger partial charge in [-0.15, -0.1) is 0 Å². The summed E-state index contributed by atoms with van der Waals surface area (Å²) in [6.45, 7) is 5.57. The van der Waals surface area contributed by atoms with Crippen LogP contribution in [0.5, 0.6) is 0 Å². The van der Waals surface area contributed by atoms with E-state index in [1.54, 1.807) is 0 Å². The van der Waals surface area contributed by atoms with Crippen molar-refractivity contribution < 1.29 is 10.2 Å². The van der Waals surface area contributed by atoms with Crippen LogP contribution in [0.3, 0.4) is 0 Å². The van der Waals surface area contributed by atoms with Crippen LogP contribution in [-0.2, 0) is 0 Å². The average molecular weight is 223 g/mol. The zero-order valence-corrected chi connectivity index (χ0v) is 10.1. The number of aliphatic hydroxyl groups is 2. The molecule has 0 heterocycles. The Hall–Kier alpha value is -1.06. The van der Waals surface area contributed by atoms with Crippen LogP contribution < -0.4 is 4.90 Å². The van der Waals surface area contributed by atoms with Gasteiger partial charge in [-0.1, -0.05) is 25.1 Å². The van der Waals surface area contributed by atoms with Gasteiger partial charge in [-0.05, 0) is 19.4 Å². The second-order valence-corrected chi connectivity index (χ2v) is 3.79. The molecule has 0 fully saturated rings. The van der Waals surface area contributed by atoms with Gasteiger partial charge in [0.25, 0.3) is 0 Å². The Morgan fingerprint density at radius 2 is 1.94 bits per heavy atom. The molecular formula is C13H21NO2. The van der Waals surface area contributed by atoms with Gasteiger partial charge in [0.2, 0.25) is 0 Å². The summed E-state index contributed by atoms with van der Waals surface area (Å²) in [6.07, 6.45) is 0.275. The summed E-state index contributed by atoms with van der Waals surface area (Å²) >= 11 is 0. The fourth-order valence-corrected chi connectivity index (χ4v) is 1.85. The van der Waals surface area contributed by atoms with E-state index >= 15 is 0 Å². The number of benzene rings is 1. The molecule has 2 N–H and O–H groups in total. The Labute approximate surface area is 97.3 Å². The van der Waals surface area contributed by atoms with Crippen molar-refractivity contribution in [3.63, 3.8) is 0 Å². The Kier molecular flexibility index (Phi) is 5.29. The molecule has 16 heavy (non-hydrogen) atoms. The quantitative estimate of drug-likeness (QED) is 0.774. The molecule has 3 heteroatoms. The lowest BCUT2D eigenvalue weighted by Gasteiger charge is -2.26. The van der Waals surface area contributed by atoms with Crippen molar-refractivity contribution in [3.05, 3.63) is 29.8 Å². The lowest BCUT2D eigenvalue weighted by Crippen LogP contribution is -2.27. The van der Waals surface area contributed by atoms with Gasteiger partial charge in [-0.25, -0.2) is 0 Å². The minimum Gasteiger partial charge on any atom is -0.395 e. The second kappa shape index (κ2) is 6.51. The molecule has 0 aromatic heterocycles. The van der Waals surface area contributed by atoms with Gasteiger partial charge in [0.1, 0.15) is 0 Å². The number of hydrogen-bond donors (Lipinski definition) is 2. The van der Waals surface area contributed by atoms with E-state index in [0.29, 0.717) is 13.0 Å². The average Bonchev–Trinajstić information content (AvgIpc) is 2.35. The molecule has 1 aromatic carbocycles. The number of anilines is 1. The first kappa shape index (κ1) is 13.0. The highest BCUT2D eigenvalue weighted by Crippen LogP contribution is 2.27. The van der Waals surface area contributed by atoms with E-state index in [2.05, 4.69) is 4.90 Å². The number of nitrogens with zero attached hydrogens (tertiary/aromatic N) is 1. The van der Waals surface area contributed by atoms with E-state index in [9.17, 15) is 5.11 Å². The predicted molar refractivity (Wildman–Crippen MR) is 66.7 cm³/mol. The lowest BCUT2D eigenvalue weighted by molar-refractivity contribution is 0.174. The van der Waals surface area contributed by atoms with E-state index in [1.807, 2.05) is 38.1 Å². The molecule has 0 radical (unpaired) electrons. The van der Waals surface area contributed by atoms with Gasteiger partial charge in [-0.2, -0.15) is 0 Å². The fourth-order valence-electron chi connectivity index (χ4n) is 1.85. The molecule has 0 amide bonds. The minimum absolute atomic E-state index is 0.129. The number of hydrogen-bond acceptors (Lipinski definition) is 3. The van der Waals surface area contributed by atoms with Gasteiger partial charge in [0.15, 0.2) is 0 Å². The Balaban J connectivity index is 3.00. The molecule has 0 aliphatic rings. The summed E-state index contributed by atoms with van der Waals surface area (Å²) in [7, 11) is 0. The molecule has 0 saturated heterocycles. The molecule has 3 nitrogen and oxygen atoms in total. The molecule has 0 bridgehead atoms. The maximum absolute atomic E-state index is 9.93. The third-order valence-corrected chi connectivity index (χ3v) is 2.77. The molecule has 0 aliphatic carbocycles. The van der Waals surface area contributed by atoms with Crippen LogP contribution in [-0.4, -0.2) is 29.9 Å². The third kappa shape index (κ3) is 2.97.